The van der Waals surface area contributed by atoms with Crippen molar-refractivity contribution in [3.8, 4) is 5.75 Å². The van der Waals surface area contributed by atoms with E-state index in [1.54, 1.807) is 45.3 Å². The molecular formula is C20H24N2O3. The van der Waals surface area contributed by atoms with Crippen molar-refractivity contribution in [2.24, 2.45) is 0 Å². The molecule has 2 amide bonds. The van der Waals surface area contributed by atoms with Crippen LogP contribution in [0.3, 0.4) is 0 Å². The molecule has 132 valence electrons. The predicted octanol–water partition coefficient (Wildman–Crippen LogP) is 3.41. The van der Waals surface area contributed by atoms with Crippen LogP contribution in [0.2, 0.25) is 0 Å². The van der Waals surface area contributed by atoms with Gasteiger partial charge < -0.3 is 15.0 Å². The van der Waals surface area contributed by atoms with Crippen LogP contribution in [0.1, 0.15) is 28.4 Å². The summed E-state index contributed by atoms with van der Waals surface area (Å²) in [5, 5.41) is 2.81. The first-order valence-electron chi connectivity index (χ1n) is 8.15. The zero-order valence-corrected chi connectivity index (χ0v) is 15.3. The zero-order valence-electron chi connectivity index (χ0n) is 15.3. The Morgan fingerprint density at radius 3 is 2.08 bits per heavy atom. The summed E-state index contributed by atoms with van der Waals surface area (Å²) in [6.07, 6.45) is -0.636. The van der Waals surface area contributed by atoms with Crippen LogP contribution < -0.4 is 10.1 Å². The monoisotopic (exact) mass is 340 g/mol. The van der Waals surface area contributed by atoms with Crippen molar-refractivity contribution >= 4 is 17.5 Å². The fourth-order valence-electron chi connectivity index (χ4n) is 2.41. The molecule has 0 saturated heterocycles. The fraction of sp³-hybridized carbons (Fsp3) is 0.300. The number of benzene rings is 2. The van der Waals surface area contributed by atoms with Crippen molar-refractivity contribution in [2.45, 2.75) is 26.9 Å². The number of nitrogens with one attached hydrogen (secondary N) is 1. The lowest BCUT2D eigenvalue weighted by Gasteiger charge is -2.18. The van der Waals surface area contributed by atoms with Crippen molar-refractivity contribution < 1.29 is 14.3 Å². The molecular weight excluding hydrogens is 316 g/mol. The maximum atomic E-state index is 12.4. The quantitative estimate of drug-likeness (QED) is 0.907. The summed E-state index contributed by atoms with van der Waals surface area (Å²) in [5.41, 5.74) is 3.18. The van der Waals surface area contributed by atoms with Crippen LogP contribution in [-0.2, 0) is 4.79 Å². The highest BCUT2D eigenvalue weighted by atomic mass is 16.5. The molecule has 0 heterocycles. The Bertz CT molecular complexity index is 747. The molecule has 0 fully saturated rings. The molecule has 2 aromatic carbocycles. The molecule has 25 heavy (non-hydrogen) atoms. The molecule has 5 nitrogen and oxygen atoms in total. The van der Waals surface area contributed by atoms with Crippen LogP contribution >= 0.6 is 0 Å². The third-order valence-electron chi connectivity index (χ3n) is 3.88. The normalized spacial score (nSPS) is 11.6. The standard InChI is InChI=1S/C20H24N2O3/c1-13-7-6-8-14(2)18(13)25-15(3)19(23)21-17-11-9-16(10-12-17)20(24)22(4)5/h6-12,15H,1-5H3,(H,21,23). The van der Waals surface area contributed by atoms with Crippen LogP contribution in [0.15, 0.2) is 42.5 Å². The second-order valence-corrected chi connectivity index (χ2v) is 6.25. The zero-order chi connectivity index (χ0) is 18.6. The molecule has 0 spiro atoms. The number of carbonyl (C=O) groups excluding carboxylic acids is 2. The van der Waals surface area contributed by atoms with Gasteiger partial charge in [-0.1, -0.05) is 18.2 Å². The van der Waals surface area contributed by atoms with Crippen LogP contribution in [0.4, 0.5) is 5.69 Å². The summed E-state index contributed by atoms with van der Waals surface area (Å²) >= 11 is 0. The van der Waals surface area contributed by atoms with Gasteiger partial charge in [0.1, 0.15) is 5.75 Å². The maximum absolute atomic E-state index is 12.4. The minimum Gasteiger partial charge on any atom is -0.480 e. The number of carbonyl (C=O) groups is 2. The van der Waals surface area contributed by atoms with E-state index < -0.39 is 6.10 Å². The second-order valence-electron chi connectivity index (χ2n) is 6.25. The summed E-state index contributed by atoms with van der Waals surface area (Å²) in [6, 6.07) is 12.7. The van der Waals surface area contributed by atoms with Gasteiger partial charge in [-0.15, -0.1) is 0 Å². The van der Waals surface area contributed by atoms with Crippen LogP contribution in [0, 0.1) is 13.8 Å². The number of amides is 2. The summed E-state index contributed by atoms with van der Waals surface area (Å²) in [7, 11) is 3.40. The van der Waals surface area contributed by atoms with E-state index in [1.807, 2.05) is 32.0 Å². The lowest BCUT2D eigenvalue weighted by Crippen LogP contribution is -2.30. The molecule has 0 aliphatic rings. The highest BCUT2D eigenvalue weighted by Crippen LogP contribution is 2.24. The molecule has 0 radical (unpaired) electrons. The molecule has 1 atom stereocenters. The van der Waals surface area contributed by atoms with E-state index in [0.717, 1.165) is 16.9 Å². The van der Waals surface area contributed by atoms with Gasteiger partial charge in [0.25, 0.3) is 11.8 Å². The van der Waals surface area contributed by atoms with E-state index in [-0.39, 0.29) is 11.8 Å². The Hall–Kier alpha value is -2.82. The van der Waals surface area contributed by atoms with Crippen molar-refractivity contribution in [2.75, 3.05) is 19.4 Å². The second kappa shape index (κ2) is 7.83. The molecule has 1 N–H and O–H groups in total. The maximum Gasteiger partial charge on any atom is 0.265 e. The largest absolute Gasteiger partial charge is 0.480 e. The molecule has 5 heteroatoms. The van der Waals surface area contributed by atoms with Crippen LogP contribution in [-0.4, -0.2) is 36.9 Å². The van der Waals surface area contributed by atoms with Crippen molar-refractivity contribution in [3.63, 3.8) is 0 Å². The summed E-state index contributed by atoms with van der Waals surface area (Å²) < 4.78 is 5.83. The molecule has 0 saturated carbocycles. The Kier molecular flexibility index (Phi) is 5.80. The third-order valence-corrected chi connectivity index (χ3v) is 3.88. The molecule has 0 aliphatic heterocycles. The summed E-state index contributed by atoms with van der Waals surface area (Å²) in [5.74, 6) is 0.413. The Morgan fingerprint density at radius 2 is 1.56 bits per heavy atom. The van der Waals surface area contributed by atoms with Gasteiger partial charge in [0.05, 0.1) is 0 Å². The molecule has 2 aromatic rings. The minimum atomic E-state index is -0.636. The number of hydrogen-bond donors (Lipinski definition) is 1. The fourth-order valence-corrected chi connectivity index (χ4v) is 2.41. The first kappa shape index (κ1) is 18.5. The third kappa shape index (κ3) is 4.59. The average Bonchev–Trinajstić information content (AvgIpc) is 2.58. The number of aryl methyl sites for hydroxylation is 2. The SMILES string of the molecule is Cc1cccc(C)c1OC(C)C(=O)Nc1ccc(C(=O)N(C)C)cc1. The van der Waals surface area contributed by atoms with E-state index in [4.69, 9.17) is 4.74 Å². The van der Waals surface area contributed by atoms with Crippen LogP contribution in [0.5, 0.6) is 5.75 Å². The van der Waals surface area contributed by atoms with Gasteiger partial charge in [-0.05, 0) is 56.2 Å². The topological polar surface area (TPSA) is 58.6 Å². The Labute approximate surface area is 148 Å². The van der Waals surface area contributed by atoms with Gasteiger partial charge in [-0.3, -0.25) is 9.59 Å². The van der Waals surface area contributed by atoms with E-state index in [9.17, 15) is 9.59 Å². The highest BCUT2D eigenvalue weighted by Gasteiger charge is 2.17. The molecule has 0 bridgehead atoms. The lowest BCUT2D eigenvalue weighted by molar-refractivity contribution is -0.122. The van der Waals surface area contributed by atoms with Crippen LogP contribution in [0.25, 0.3) is 0 Å². The van der Waals surface area contributed by atoms with Gasteiger partial charge in [-0.25, -0.2) is 0 Å². The Balaban J connectivity index is 2.03. The first-order chi connectivity index (χ1) is 11.8. The van der Waals surface area contributed by atoms with E-state index in [0.29, 0.717) is 11.3 Å². The van der Waals surface area contributed by atoms with Gasteiger partial charge >= 0.3 is 0 Å². The number of para-hydroxylation sites is 1. The van der Waals surface area contributed by atoms with E-state index in [2.05, 4.69) is 5.32 Å². The molecule has 2 rings (SSSR count). The highest BCUT2D eigenvalue weighted by molar-refractivity contribution is 5.96. The van der Waals surface area contributed by atoms with Gasteiger partial charge in [0.15, 0.2) is 6.10 Å². The smallest absolute Gasteiger partial charge is 0.265 e. The number of anilines is 1. The van der Waals surface area contributed by atoms with Crippen molar-refractivity contribution in [3.05, 3.63) is 59.2 Å². The molecule has 0 aliphatic carbocycles. The van der Waals surface area contributed by atoms with Gasteiger partial charge in [0.2, 0.25) is 0 Å². The minimum absolute atomic E-state index is 0.0791. The van der Waals surface area contributed by atoms with E-state index >= 15 is 0 Å². The van der Waals surface area contributed by atoms with Gasteiger partial charge in [0, 0.05) is 25.3 Å². The Morgan fingerprint density at radius 1 is 1.00 bits per heavy atom. The van der Waals surface area contributed by atoms with E-state index in [1.165, 1.54) is 4.90 Å². The van der Waals surface area contributed by atoms with Crippen molar-refractivity contribution in [1.29, 1.82) is 0 Å². The first-order valence-corrected chi connectivity index (χ1v) is 8.15. The number of rotatable bonds is 5. The van der Waals surface area contributed by atoms with Gasteiger partial charge in [-0.2, -0.15) is 0 Å². The van der Waals surface area contributed by atoms with Crippen molar-refractivity contribution in [1.82, 2.24) is 4.90 Å². The number of hydrogen-bond acceptors (Lipinski definition) is 3. The lowest BCUT2D eigenvalue weighted by atomic mass is 10.1. The summed E-state index contributed by atoms with van der Waals surface area (Å²) in [6.45, 7) is 5.62. The molecule has 1 unspecified atom stereocenters. The molecule has 0 aromatic heterocycles. The average molecular weight is 340 g/mol. The predicted molar refractivity (Wildman–Crippen MR) is 99.1 cm³/mol. The number of ether oxygens (including phenoxy) is 1. The number of nitrogens with zero attached hydrogens (tertiary/aromatic N) is 1. The summed E-state index contributed by atoms with van der Waals surface area (Å²) in [4.78, 5) is 25.7.